The maximum Gasteiger partial charge on any atom is 0.330 e. The van der Waals surface area contributed by atoms with Gasteiger partial charge in [0.2, 0.25) is 0 Å². The molecule has 0 aliphatic carbocycles. The molecular formula is C13H13FN4O3. The van der Waals surface area contributed by atoms with Crippen molar-refractivity contribution in [2.45, 2.75) is 13.6 Å². The van der Waals surface area contributed by atoms with Crippen LogP contribution in [0.1, 0.15) is 5.69 Å². The lowest BCUT2D eigenvalue weighted by atomic mass is 10.3. The lowest BCUT2D eigenvalue weighted by molar-refractivity contribution is 0.249. The Bertz CT molecular complexity index is 733. The summed E-state index contributed by atoms with van der Waals surface area (Å²) in [5.41, 5.74) is -0.295. The molecule has 0 unspecified atom stereocenters. The Labute approximate surface area is 118 Å². The Morgan fingerprint density at radius 3 is 2.57 bits per heavy atom. The molecule has 0 bridgehead atoms. The summed E-state index contributed by atoms with van der Waals surface area (Å²) in [5, 5.41) is 4.81. The van der Waals surface area contributed by atoms with Crippen LogP contribution in [-0.2, 0) is 6.67 Å². The Kier molecular flexibility index (Phi) is 4.17. The summed E-state index contributed by atoms with van der Waals surface area (Å²) >= 11 is 0. The number of benzene rings is 1. The monoisotopic (exact) mass is 292 g/mol. The lowest BCUT2D eigenvalue weighted by Crippen LogP contribution is -2.42. The second-order valence-electron chi connectivity index (χ2n) is 4.32. The van der Waals surface area contributed by atoms with Gasteiger partial charge < -0.3 is 15.6 Å². The highest BCUT2D eigenvalue weighted by Crippen LogP contribution is 2.07. The number of aromatic nitrogens is 2. The van der Waals surface area contributed by atoms with Gasteiger partial charge in [0.25, 0.3) is 5.56 Å². The molecule has 0 radical (unpaired) electrons. The first kappa shape index (κ1) is 14.5. The molecule has 0 saturated heterocycles. The number of carbonyl (C=O) groups is 1. The van der Waals surface area contributed by atoms with Crippen LogP contribution in [0.2, 0.25) is 0 Å². The van der Waals surface area contributed by atoms with Gasteiger partial charge in [-0.2, -0.15) is 0 Å². The van der Waals surface area contributed by atoms with E-state index < -0.39 is 23.1 Å². The number of anilines is 1. The topological polar surface area (TPSA) is 96.0 Å². The third-order valence-corrected chi connectivity index (χ3v) is 2.66. The van der Waals surface area contributed by atoms with E-state index in [1.165, 1.54) is 30.3 Å². The molecule has 7 nitrogen and oxygen atoms in total. The van der Waals surface area contributed by atoms with Gasteiger partial charge in [-0.15, -0.1) is 0 Å². The van der Waals surface area contributed by atoms with Gasteiger partial charge in [0.1, 0.15) is 12.5 Å². The average molecular weight is 292 g/mol. The summed E-state index contributed by atoms with van der Waals surface area (Å²) in [4.78, 5) is 37.2. The molecule has 0 saturated carbocycles. The molecule has 0 aliphatic heterocycles. The second kappa shape index (κ2) is 6.04. The Morgan fingerprint density at radius 1 is 1.29 bits per heavy atom. The van der Waals surface area contributed by atoms with Crippen LogP contribution in [0.4, 0.5) is 14.9 Å². The molecule has 8 heteroatoms. The zero-order valence-electron chi connectivity index (χ0n) is 11.1. The number of urea groups is 1. The predicted molar refractivity (Wildman–Crippen MR) is 74.6 cm³/mol. The number of rotatable bonds is 3. The molecule has 21 heavy (non-hydrogen) atoms. The van der Waals surface area contributed by atoms with Gasteiger partial charge in [-0.1, -0.05) is 0 Å². The molecule has 2 rings (SSSR count). The van der Waals surface area contributed by atoms with E-state index >= 15 is 0 Å². The Morgan fingerprint density at radius 2 is 1.95 bits per heavy atom. The van der Waals surface area contributed by atoms with Crippen LogP contribution in [0.15, 0.2) is 39.9 Å². The quantitative estimate of drug-likeness (QED) is 0.779. The van der Waals surface area contributed by atoms with Crippen LogP contribution >= 0.6 is 0 Å². The van der Waals surface area contributed by atoms with Crippen molar-refractivity contribution < 1.29 is 9.18 Å². The normalized spacial score (nSPS) is 10.2. The number of aryl methyl sites for hydroxylation is 1. The van der Waals surface area contributed by atoms with Crippen molar-refractivity contribution in [1.82, 2.24) is 14.9 Å². The van der Waals surface area contributed by atoms with Crippen LogP contribution in [0.25, 0.3) is 0 Å². The van der Waals surface area contributed by atoms with E-state index in [1.54, 1.807) is 6.92 Å². The zero-order valence-corrected chi connectivity index (χ0v) is 11.1. The van der Waals surface area contributed by atoms with E-state index in [0.29, 0.717) is 11.4 Å². The van der Waals surface area contributed by atoms with E-state index in [0.717, 1.165) is 4.57 Å². The highest BCUT2D eigenvalue weighted by atomic mass is 19.1. The fourth-order valence-corrected chi connectivity index (χ4v) is 1.64. The molecule has 0 spiro atoms. The van der Waals surface area contributed by atoms with E-state index in [1.807, 2.05) is 0 Å². The number of hydrogen-bond donors (Lipinski definition) is 3. The van der Waals surface area contributed by atoms with Gasteiger partial charge in [0, 0.05) is 17.4 Å². The van der Waals surface area contributed by atoms with E-state index in [2.05, 4.69) is 15.6 Å². The maximum absolute atomic E-state index is 12.7. The average Bonchev–Trinajstić information content (AvgIpc) is 2.40. The van der Waals surface area contributed by atoms with Crippen molar-refractivity contribution >= 4 is 11.7 Å². The molecule has 110 valence electrons. The van der Waals surface area contributed by atoms with Crippen molar-refractivity contribution in [3.63, 3.8) is 0 Å². The van der Waals surface area contributed by atoms with Gasteiger partial charge >= 0.3 is 11.7 Å². The summed E-state index contributed by atoms with van der Waals surface area (Å²) in [7, 11) is 0. The van der Waals surface area contributed by atoms with Gasteiger partial charge in [-0.3, -0.25) is 4.79 Å². The van der Waals surface area contributed by atoms with E-state index in [9.17, 15) is 18.8 Å². The first-order valence-electron chi connectivity index (χ1n) is 6.07. The summed E-state index contributed by atoms with van der Waals surface area (Å²) in [6.45, 7) is 1.31. The van der Waals surface area contributed by atoms with E-state index in [-0.39, 0.29) is 6.67 Å². The summed E-state index contributed by atoms with van der Waals surface area (Å²) < 4.78 is 13.6. The molecular weight excluding hydrogens is 279 g/mol. The minimum atomic E-state index is -0.617. The van der Waals surface area contributed by atoms with Crippen molar-refractivity contribution in [1.29, 1.82) is 0 Å². The number of amides is 2. The standard InChI is InChI=1S/C13H13FN4O3/c1-8-6-11(19)18(13(21)16-8)7-15-12(20)17-10-4-2-9(14)3-5-10/h2-6H,7H2,1H3,(H,16,21)(H2,15,17,20). The minimum absolute atomic E-state index is 0.276. The van der Waals surface area contributed by atoms with Crippen LogP contribution in [0.5, 0.6) is 0 Å². The van der Waals surface area contributed by atoms with Crippen LogP contribution in [0, 0.1) is 12.7 Å². The van der Waals surface area contributed by atoms with Crippen molar-refractivity contribution in [3.8, 4) is 0 Å². The smallest absolute Gasteiger partial charge is 0.320 e. The third-order valence-electron chi connectivity index (χ3n) is 2.66. The van der Waals surface area contributed by atoms with Gasteiger partial charge in [-0.25, -0.2) is 18.5 Å². The molecule has 2 amide bonds. The molecule has 1 heterocycles. The zero-order chi connectivity index (χ0) is 15.4. The molecule has 0 aliphatic rings. The summed E-state index contributed by atoms with van der Waals surface area (Å²) in [6, 6.07) is 5.81. The largest absolute Gasteiger partial charge is 0.330 e. The molecule has 0 atom stereocenters. The SMILES string of the molecule is Cc1cc(=O)n(CNC(=O)Nc2ccc(F)cc2)c(=O)[nH]1. The minimum Gasteiger partial charge on any atom is -0.320 e. The van der Waals surface area contributed by atoms with Gasteiger partial charge in [0.05, 0.1) is 0 Å². The lowest BCUT2D eigenvalue weighted by Gasteiger charge is -2.09. The Hall–Kier alpha value is -2.90. The summed E-state index contributed by atoms with van der Waals surface area (Å²) in [5.74, 6) is -0.418. The molecule has 1 aromatic carbocycles. The first-order chi connectivity index (χ1) is 9.95. The van der Waals surface area contributed by atoms with Gasteiger partial charge in [-0.05, 0) is 31.2 Å². The maximum atomic E-state index is 12.7. The number of carbonyl (C=O) groups excluding carboxylic acids is 1. The number of nitrogens with zero attached hydrogens (tertiary/aromatic N) is 1. The van der Waals surface area contributed by atoms with Crippen molar-refractivity contribution in [3.05, 3.63) is 62.7 Å². The third kappa shape index (κ3) is 3.78. The fourth-order valence-electron chi connectivity index (χ4n) is 1.64. The fraction of sp³-hybridized carbons (Fsp3) is 0.154. The van der Waals surface area contributed by atoms with Crippen LogP contribution < -0.4 is 21.9 Å². The highest BCUT2D eigenvalue weighted by molar-refractivity contribution is 5.88. The summed E-state index contributed by atoms with van der Waals surface area (Å²) in [6.07, 6.45) is 0. The highest BCUT2D eigenvalue weighted by Gasteiger charge is 2.05. The number of aromatic amines is 1. The van der Waals surface area contributed by atoms with Gasteiger partial charge in [0.15, 0.2) is 0 Å². The predicted octanol–water partition coefficient (Wildman–Crippen LogP) is 0.763. The first-order valence-corrected chi connectivity index (χ1v) is 6.07. The number of nitrogens with one attached hydrogen (secondary N) is 3. The Balaban J connectivity index is 2.00. The number of hydrogen-bond acceptors (Lipinski definition) is 3. The second-order valence-corrected chi connectivity index (χ2v) is 4.32. The molecule has 1 aromatic heterocycles. The molecule has 2 aromatic rings. The van der Waals surface area contributed by atoms with E-state index in [4.69, 9.17) is 0 Å². The van der Waals surface area contributed by atoms with Crippen LogP contribution in [-0.4, -0.2) is 15.6 Å². The number of H-pyrrole nitrogens is 1. The van der Waals surface area contributed by atoms with Crippen molar-refractivity contribution in [2.75, 3.05) is 5.32 Å². The van der Waals surface area contributed by atoms with Crippen LogP contribution in [0.3, 0.4) is 0 Å². The molecule has 0 fully saturated rings. The number of halogens is 1. The van der Waals surface area contributed by atoms with Crippen molar-refractivity contribution in [2.24, 2.45) is 0 Å². The molecule has 3 N–H and O–H groups in total.